The van der Waals surface area contributed by atoms with Gasteiger partial charge in [-0.25, -0.2) is 13.2 Å². The van der Waals surface area contributed by atoms with Gasteiger partial charge in [0.2, 0.25) is 0 Å². The lowest BCUT2D eigenvalue weighted by Crippen LogP contribution is -2.14. The van der Waals surface area contributed by atoms with Crippen LogP contribution < -0.4 is 0 Å². The predicted octanol–water partition coefficient (Wildman–Crippen LogP) is 3.15. The number of rotatable bonds is 3. The first-order chi connectivity index (χ1) is 8.97. The van der Waals surface area contributed by atoms with E-state index < -0.39 is 34.8 Å². The van der Waals surface area contributed by atoms with E-state index in [-0.39, 0.29) is 17.9 Å². The Morgan fingerprint density at radius 3 is 2.68 bits per heavy atom. The summed E-state index contributed by atoms with van der Waals surface area (Å²) >= 11 is 0. The van der Waals surface area contributed by atoms with Crippen LogP contribution in [-0.4, -0.2) is 11.1 Å². The van der Waals surface area contributed by atoms with Crippen LogP contribution in [0.1, 0.15) is 24.8 Å². The minimum absolute atomic E-state index is 0.0533. The number of carboxylic acid groups (broad SMARTS) is 1. The molecule has 5 heteroatoms. The number of fused-ring (bicyclic) bond motifs is 1. The van der Waals surface area contributed by atoms with Crippen LogP contribution in [0.2, 0.25) is 0 Å². The Hall–Kier alpha value is -1.52. The molecule has 3 rings (SSSR count). The summed E-state index contributed by atoms with van der Waals surface area (Å²) in [6.45, 7) is 0. The summed E-state index contributed by atoms with van der Waals surface area (Å²) < 4.78 is 39.7. The van der Waals surface area contributed by atoms with Gasteiger partial charge in [0.25, 0.3) is 0 Å². The quantitative estimate of drug-likeness (QED) is 0.857. The highest BCUT2D eigenvalue weighted by Gasteiger charge is 2.69. The monoisotopic (exact) mass is 270 g/mol. The third-order valence-corrected chi connectivity index (χ3v) is 4.71. The minimum Gasteiger partial charge on any atom is -0.481 e. The van der Waals surface area contributed by atoms with Crippen molar-refractivity contribution in [3.05, 3.63) is 35.1 Å². The molecule has 2 aliphatic carbocycles. The van der Waals surface area contributed by atoms with Gasteiger partial charge in [0.05, 0.1) is 5.92 Å². The van der Waals surface area contributed by atoms with Crippen molar-refractivity contribution in [1.29, 1.82) is 0 Å². The van der Waals surface area contributed by atoms with E-state index in [0.717, 1.165) is 18.9 Å². The van der Waals surface area contributed by atoms with E-state index in [2.05, 4.69) is 0 Å². The van der Waals surface area contributed by atoms with Crippen molar-refractivity contribution in [2.75, 3.05) is 0 Å². The molecule has 0 aliphatic heterocycles. The van der Waals surface area contributed by atoms with E-state index in [9.17, 15) is 18.0 Å². The smallest absolute Gasteiger partial charge is 0.307 e. The van der Waals surface area contributed by atoms with Gasteiger partial charge in [-0.1, -0.05) is 12.5 Å². The Kier molecular flexibility index (Phi) is 2.62. The molecular weight excluding hydrogens is 257 g/mol. The van der Waals surface area contributed by atoms with Gasteiger partial charge in [0.15, 0.2) is 17.5 Å². The SMILES string of the molecule is O=C(O)C1C2CCCC21Cc1ccc(F)c(F)c1F. The van der Waals surface area contributed by atoms with Gasteiger partial charge in [0.1, 0.15) is 0 Å². The summed E-state index contributed by atoms with van der Waals surface area (Å²) in [5.74, 6) is -5.15. The second-order valence-electron chi connectivity index (χ2n) is 5.56. The number of carboxylic acids is 1. The van der Waals surface area contributed by atoms with Crippen LogP contribution >= 0.6 is 0 Å². The molecule has 102 valence electrons. The lowest BCUT2D eigenvalue weighted by molar-refractivity contribution is -0.140. The second-order valence-corrected chi connectivity index (χ2v) is 5.56. The Morgan fingerprint density at radius 2 is 2.05 bits per heavy atom. The fraction of sp³-hybridized carbons (Fsp3) is 0.500. The van der Waals surface area contributed by atoms with Gasteiger partial charge in [-0.15, -0.1) is 0 Å². The molecule has 1 aromatic rings. The standard InChI is InChI=1S/C14H13F3O2/c15-9-4-3-7(11(16)12(9)17)6-14-5-1-2-8(14)10(14)13(18)19/h3-4,8,10H,1-2,5-6H2,(H,18,19). The molecule has 1 N–H and O–H groups in total. The van der Waals surface area contributed by atoms with Crippen LogP contribution in [0.15, 0.2) is 12.1 Å². The molecule has 0 saturated heterocycles. The van der Waals surface area contributed by atoms with Crippen molar-refractivity contribution in [2.24, 2.45) is 17.3 Å². The first kappa shape index (κ1) is 12.5. The number of carbonyl (C=O) groups is 1. The average Bonchev–Trinajstić information content (AvgIpc) is 2.80. The van der Waals surface area contributed by atoms with Crippen LogP contribution in [0, 0.1) is 34.7 Å². The van der Waals surface area contributed by atoms with Gasteiger partial charge in [-0.05, 0) is 42.2 Å². The van der Waals surface area contributed by atoms with Gasteiger partial charge in [-0.3, -0.25) is 4.79 Å². The molecule has 0 radical (unpaired) electrons. The van der Waals surface area contributed by atoms with E-state index in [0.29, 0.717) is 6.42 Å². The van der Waals surface area contributed by atoms with Crippen molar-refractivity contribution in [1.82, 2.24) is 0 Å². The topological polar surface area (TPSA) is 37.3 Å². The zero-order valence-corrected chi connectivity index (χ0v) is 10.1. The van der Waals surface area contributed by atoms with E-state index in [1.807, 2.05) is 0 Å². The van der Waals surface area contributed by atoms with Crippen molar-refractivity contribution in [3.8, 4) is 0 Å². The van der Waals surface area contributed by atoms with Crippen LogP contribution in [0.5, 0.6) is 0 Å². The summed E-state index contributed by atoms with van der Waals surface area (Å²) in [7, 11) is 0. The van der Waals surface area contributed by atoms with Crippen LogP contribution in [0.3, 0.4) is 0 Å². The van der Waals surface area contributed by atoms with Gasteiger partial charge in [-0.2, -0.15) is 0 Å². The maximum Gasteiger partial charge on any atom is 0.307 e. The molecule has 3 unspecified atom stereocenters. The van der Waals surface area contributed by atoms with Gasteiger partial charge < -0.3 is 5.11 Å². The average molecular weight is 270 g/mol. The highest BCUT2D eigenvalue weighted by molar-refractivity contribution is 5.76. The lowest BCUT2D eigenvalue weighted by atomic mass is 9.91. The number of benzene rings is 1. The maximum atomic E-state index is 13.7. The molecule has 3 atom stereocenters. The van der Waals surface area contributed by atoms with E-state index >= 15 is 0 Å². The first-order valence-corrected chi connectivity index (χ1v) is 6.32. The molecule has 1 aromatic carbocycles. The first-order valence-electron chi connectivity index (χ1n) is 6.32. The summed E-state index contributed by atoms with van der Waals surface area (Å²) in [5, 5.41) is 9.14. The normalized spacial score (nSPS) is 32.2. The molecule has 2 nitrogen and oxygen atoms in total. The molecule has 2 saturated carbocycles. The summed E-state index contributed by atoms with van der Waals surface area (Å²) in [6.07, 6.45) is 2.63. The zero-order valence-electron chi connectivity index (χ0n) is 10.1. The Balaban J connectivity index is 1.90. The van der Waals surface area contributed by atoms with Crippen LogP contribution in [0.25, 0.3) is 0 Å². The third kappa shape index (κ3) is 1.67. The summed E-state index contributed by atoms with van der Waals surface area (Å²) in [4.78, 5) is 11.1. The molecule has 0 bridgehead atoms. The maximum absolute atomic E-state index is 13.7. The summed E-state index contributed by atoms with van der Waals surface area (Å²) in [6, 6.07) is 2.11. The van der Waals surface area contributed by atoms with Crippen LogP contribution in [-0.2, 0) is 11.2 Å². The van der Waals surface area contributed by atoms with E-state index in [1.54, 1.807) is 0 Å². The molecule has 2 aliphatic rings. The van der Waals surface area contributed by atoms with Crippen molar-refractivity contribution >= 4 is 5.97 Å². The fourth-order valence-corrected chi connectivity index (χ4v) is 3.83. The number of halogens is 3. The van der Waals surface area contributed by atoms with E-state index in [1.165, 1.54) is 6.07 Å². The number of hydrogen-bond acceptors (Lipinski definition) is 1. The third-order valence-electron chi connectivity index (χ3n) is 4.71. The molecule has 0 amide bonds. The van der Waals surface area contributed by atoms with Gasteiger partial charge >= 0.3 is 5.97 Å². The zero-order chi connectivity index (χ0) is 13.8. The molecule has 2 fully saturated rings. The second kappa shape index (κ2) is 3.99. The van der Waals surface area contributed by atoms with Crippen molar-refractivity contribution < 1.29 is 23.1 Å². The molecule has 0 heterocycles. The largest absolute Gasteiger partial charge is 0.481 e. The van der Waals surface area contributed by atoms with E-state index in [4.69, 9.17) is 5.11 Å². The van der Waals surface area contributed by atoms with Crippen molar-refractivity contribution in [3.63, 3.8) is 0 Å². The lowest BCUT2D eigenvalue weighted by Gasteiger charge is -2.14. The molecule has 19 heavy (non-hydrogen) atoms. The minimum atomic E-state index is -1.48. The highest BCUT2D eigenvalue weighted by atomic mass is 19.2. The molecule has 0 spiro atoms. The Labute approximate surface area is 108 Å². The summed E-state index contributed by atoms with van der Waals surface area (Å²) in [5.41, 5.74) is -0.369. The molecule has 0 aromatic heterocycles. The number of hydrogen-bond donors (Lipinski definition) is 1. The van der Waals surface area contributed by atoms with Crippen molar-refractivity contribution in [2.45, 2.75) is 25.7 Å². The van der Waals surface area contributed by atoms with Crippen LogP contribution in [0.4, 0.5) is 13.2 Å². The Morgan fingerprint density at radius 1 is 1.32 bits per heavy atom. The Bertz CT molecular complexity index is 558. The fourth-order valence-electron chi connectivity index (χ4n) is 3.83. The predicted molar refractivity (Wildman–Crippen MR) is 60.9 cm³/mol. The number of aliphatic carboxylic acids is 1. The highest BCUT2D eigenvalue weighted by Crippen LogP contribution is 2.69. The molecular formula is C14H13F3O2. The van der Waals surface area contributed by atoms with Gasteiger partial charge in [0, 0.05) is 0 Å².